The first-order chi connectivity index (χ1) is 10.2. The maximum Gasteiger partial charge on any atom is 0.0696 e. The first kappa shape index (κ1) is 15.8. The van der Waals surface area contributed by atoms with Gasteiger partial charge in [0, 0.05) is 12.1 Å². The van der Waals surface area contributed by atoms with Crippen LogP contribution in [0.4, 0.5) is 0 Å². The highest BCUT2D eigenvalue weighted by molar-refractivity contribution is 5.12. The summed E-state index contributed by atoms with van der Waals surface area (Å²) in [4.78, 5) is 0. The maximum absolute atomic E-state index is 10.5. The summed E-state index contributed by atoms with van der Waals surface area (Å²) in [5.74, 6) is 1.63. The average molecular weight is 293 g/mol. The van der Waals surface area contributed by atoms with Crippen molar-refractivity contribution < 1.29 is 5.11 Å². The SMILES string of the molecule is CCCCCCC12CC(C)CCC1NC1C(O)CCCC12. The van der Waals surface area contributed by atoms with Crippen molar-refractivity contribution in [3.63, 3.8) is 0 Å². The van der Waals surface area contributed by atoms with E-state index in [0.717, 1.165) is 18.3 Å². The van der Waals surface area contributed by atoms with E-state index in [-0.39, 0.29) is 6.10 Å². The summed E-state index contributed by atoms with van der Waals surface area (Å²) in [6.07, 6.45) is 14.6. The first-order valence-corrected chi connectivity index (χ1v) is 9.61. The molecule has 122 valence electrons. The zero-order chi connectivity index (χ0) is 14.9. The van der Waals surface area contributed by atoms with Crippen molar-refractivity contribution >= 4 is 0 Å². The summed E-state index contributed by atoms with van der Waals surface area (Å²) < 4.78 is 0. The maximum atomic E-state index is 10.5. The molecule has 2 N–H and O–H groups in total. The topological polar surface area (TPSA) is 32.3 Å². The fourth-order valence-electron chi connectivity index (χ4n) is 5.91. The minimum atomic E-state index is -0.0860. The third-order valence-electron chi connectivity index (χ3n) is 6.86. The Morgan fingerprint density at radius 2 is 1.95 bits per heavy atom. The average Bonchev–Trinajstić information content (AvgIpc) is 2.79. The number of rotatable bonds is 5. The van der Waals surface area contributed by atoms with Gasteiger partial charge in [0.25, 0.3) is 0 Å². The van der Waals surface area contributed by atoms with Gasteiger partial charge >= 0.3 is 0 Å². The summed E-state index contributed by atoms with van der Waals surface area (Å²) in [5.41, 5.74) is 0.511. The number of nitrogens with one attached hydrogen (secondary N) is 1. The Morgan fingerprint density at radius 3 is 2.76 bits per heavy atom. The van der Waals surface area contributed by atoms with Gasteiger partial charge in [-0.05, 0) is 55.8 Å². The first-order valence-electron chi connectivity index (χ1n) is 9.61. The van der Waals surface area contributed by atoms with Crippen LogP contribution in [0.3, 0.4) is 0 Å². The molecule has 21 heavy (non-hydrogen) atoms. The van der Waals surface area contributed by atoms with E-state index in [2.05, 4.69) is 19.2 Å². The Labute approximate surface area is 131 Å². The summed E-state index contributed by atoms with van der Waals surface area (Å²) in [6.45, 7) is 4.75. The summed E-state index contributed by atoms with van der Waals surface area (Å²) in [7, 11) is 0. The highest BCUT2D eigenvalue weighted by atomic mass is 16.3. The molecule has 3 rings (SSSR count). The summed E-state index contributed by atoms with van der Waals surface area (Å²) >= 11 is 0. The Morgan fingerprint density at radius 1 is 1.10 bits per heavy atom. The normalized spacial score (nSPS) is 46.1. The summed E-state index contributed by atoms with van der Waals surface area (Å²) in [6, 6.07) is 1.10. The van der Waals surface area contributed by atoms with Crippen molar-refractivity contribution in [2.75, 3.05) is 0 Å². The van der Waals surface area contributed by atoms with Crippen LogP contribution in [0.25, 0.3) is 0 Å². The fourth-order valence-corrected chi connectivity index (χ4v) is 5.91. The molecule has 6 unspecified atom stereocenters. The fraction of sp³-hybridized carbons (Fsp3) is 1.00. The number of aliphatic hydroxyl groups is 1. The molecular formula is C19H35NO. The zero-order valence-electron chi connectivity index (χ0n) is 14.1. The Bertz CT molecular complexity index is 344. The van der Waals surface area contributed by atoms with Gasteiger partial charge in [-0.1, -0.05) is 46.0 Å². The second-order valence-corrected chi connectivity index (χ2v) is 8.28. The lowest BCUT2D eigenvalue weighted by Crippen LogP contribution is -2.44. The lowest BCUT2D eigenvalue weighted by Gasteiger charge is -2.47. The van der Waals surface area contributed by atoms with E-state index in [1.807, 2.05) is 0 Å². The quantitative estimate of drug-likeness (QED) is 0.742. The van der Waals surface area contributed by atoms with Crippen molar-refractivity contribution in [3.8, 4) is 0 Å². The van der Waals surface area contributed by atoms with Gasteiger partial charge in [0.05, 0.1) is 6.10 Å². The molecule has 0 spiro atoms. The Kier molecular flexibility index (Phi) is 4.95. The number of hydrogen-bond acceptors (Lipinski definition) is 2. The lowest BCUT2D eigenvalue weighted by atomic mass is 9.57. The standard InChI is InChI=1S/C19H35NO/c1-3-4-5-6-12-19-13-14(2)10-11-17(19)20-18-15(19)8-7-9-16(18)21/h14-18,20-21H,3-13H2,1-2H3. The summed E-state index contributed by atoms with van der Waals surface area (Å²) in [5, 5.41) is 14.4. The largest absolute Gasteiger partial charge is 0.391 e. The van der Waals surface area contributed by atoms with Crippen LogP contribution in [0.2, 0.25) is 0 Å². The number of unbranched alkanes of at least 4 members (excludes halogenated alkanes) is 3. The molecule has 0 bridgehead atoms. The van der Waals surface area contributed by atoms with E-state index in [0.29, 0.717) is 17.5 Å². The zero-order valence-corrected chi connectivity index (χ0v) is 14.1. The van der Waals surface area contributed by atoms with Gasteiger partial charge in [0.15, 0.2) is 0 Å². The second-order valence-electron chi connectivity index (χ2n) is 8.28. The van der Waals surface area contributed by atoms with Crippen molar-refractivity contribution in [3.05, 3.63) is 0 Å². The van der Waals surface area contributed by atoms with Gasteiger partial charge in [-0.25, -0.2) is 0 Å². The number of aliphatic hydroxyl groups excluding tert-OH is 1. The van der Waals surface area contributed by atoms with E-state index in [1.165, 1.54) is 64.2 Å². The van der Waals surface area contributed by atoms with Crippen LogP contribution in [-0.2, 0) is 0 Å². The Hall–Kier alpha value is -0.0800. The molecule has 2 nitrogen and oxygen atoms in total. The van der Waals surface area contributed by atoms with Crippen LogP contribution in [0.5, 0.6) is 0 Å². The van der Waals surface area contributed by atoms with Gasteiger partial charge in [-0.3, -0.25) is 0 Å². The van der Waals surface area contributed by atoms with Gasteiger partial charge in [0.2, 0.25) is 0 Å². The van der Waals surface area contributed by atoms with Crippen molar-refractivity contribution in [1.29, 1.82) is 0 Å². The van der Waals surface area contributed by atoms with Crippen molar-refractivity contribution in [2.24, 2.45) is 17.3 Å². The molecule has 1 saturated heterocycles. The van der Waals surface area contributed by atoms with Crippen LogP contribution >= 0.6 is 0 Å². The van der Waals surface area contributed by atoms with E-state index in [4.69, 9.17) is 0 Å². The molecule has 6 atom stereocenters. The molecule has 0 aromatic rings. The molecule has 2 aliphatic carbocycles. The van der Waals surface area contributed by atoms with Crippen molar-refractivity contribution in [1.82, 2.24) is 5.32 Å². The van der Waals surface area contributed by atoms with Gasteiger partial charge in [0.1, 0.15) is 0 Å². The highest BCUT2D eigenvalue weighted by Crippen LogP contribution is 2.56. The third-order valence-corrected chi connectivity index (χ3v) is 6.86. The molecule has 0 amide bonds. The lowest BCUT2D eigenvalue weighted by molar-refractivity contribution is 0.0192. The van der Waals surface area contributed by atoms with Gasteiger partial charge in [-0.15, -0.1) is 0 Å². The molecule has 3 fully saturated rings. The molecule has 2 heteroatoms. The third kappa shape index (κ3) is 2.91. The van der Waals surface area contributed by atoms with Crippen LogP contribution in [0.1, 0.15) is 84.5 Å². The molecule has 0 aromatic carbocycles. The van der Waals surface area contributed by atoms with E-state index in [9.17, 15) is 5.11 Å². The van der Waals surface area contributed by atoms with Crippen molar-refractivity contribution in [2.45, 2.75) is 103 Å². The molecule has 0 aromatic heterocycles. The predicted molar refractivity (Wildman–Crippen MR) is 88.3 cm³/mol. The van der Waals surface area contributed by atoms with E-state index >= 15 is 0 Å². The number of fused-ring (bicyclic) bond motifs is 3. The van der Waals surface area contributed by atoms with Crippen LogP contribution in [0, 0.1) is 17.3 Å². The van der Waals surface area contributed by atoms with E-state index in [1.54, 1.807) is 0 Å². The molecule has 0 radical (unpaired) electrons. The van der Waals surface area contributed by atoms with Crippen LogP contribution in [0.15, 0.2) is 0 Å². The van der Waals surface area contributed by atoms with Crippen LogP contribution < -0.4 is 5.32 Å². The smallest absolute Gasteiger partial charge is 0.0696 e. The predicted octanol–water partition coefficient (Wildman–Crippen LogP) is 4.26. The molecular weight excluding hydrogens is 258 g/mol. The number of hydrogen-bond donors (Lipinski definition) is 2. The molecule has 1 aliphatic heterocycles. The molecule has 1 heterocycles. The molecule has 3 aliphatic rings. The Balaban J connectivity index is 1.76. The minimum absolute atomic E-state index is 0.0860. The van der Waals surface area contributed by atoms with E-state index < -0.39 is 0 Å². The molecule has 2 saturated carbocycles. The second kappa shape index (κ2) is 6.58. The van der Waals surface area contributed by atoms with Gasteiger partial charge < -0.3 is 10.4 Å². The van der Waals surface area contributed by atoms with Gasteiger partial charge in [-0.2, -0.15) is 0 Å². The monoisotopic (exact) mass is 293 g/mol. The minimum Gasteiger partial charge on any atom is -0.391 e. The highest BCUT2D eigenvalue weighted by Gasteiger charge is 2.57. The van der Waals surface area contributed by atoms with Crippen LogP contribution in [-0.4, -0.2) is 23.3 Å².